The number of unbranched alkanes of at least 4 members (excludes halogenated alkanes) is 30. The Balaban J connectivity index is 1.26. The quantitative estimate of drug-likeness (QED) is 0.0399. The smallest absolute Gasteiger partial charge is 0.335 e. The highest BCUT2D eigenvalue weighted by atomic mass is 35.5. The second-order valence-electron chi connectivity index (χ2n) is 24.0. The second kappa shape index (κ2) is 46.3. The zero-order valence-electron chi connectivity index (χ0n) is 52.9. The number of nitrogens with zero attached hydrogens (tertiary/aromatic N) is 2. The molecule has 1 aromatic heterocycles. The molecule has 0 aliphatic carbocycles. The van der Waals surface area contributed by atoms with Gasteiger partial charge in [0.25, 0.3) is 5.56 Å². The van der Waals surface area contributed by atoms with E-state index in [0.29, 0.717) is 51.0 Å². The molecule has 1 aliphatic heterocycles. The van der Waals surface area contributed by atoms with Crippen molar-refractivity contribution in [1.82, 2.24) is 9.13 Å². The minimum atomic E-state index is -1.08. The third-order valence-electron chi connectivity index (χ3n) is 16.5. The fourth-order valence-electron chi connectivity index (χ4n) is 11.3. The van der Waals surface area contributed by atoms with Gasteiger partial charge in [-0.1, -0.05) is 295 Å². The standard InChI is InChI=1S/C71H108Cl4N2O9/c1-4-6-8-10-12-14-16-18-20-22-24-26-28-30-32-37-45-80-53-63(83-46-38-33-31-29-27-25-23-21-19-17-15-13-11-9-7-5-2)54-85-68-67(84-52-60-42-44-62(73)48-65(60)75)66(55-81-51-59-41-43-61(72)47-64(59)74)86-70(68)76-49-57(3)69(78)77(71(76)79)56-82-50-58-39-35-34-36-40-58/h34-36,39-44,47-49,63,66-68,70H,4-33,37-38,45-46,50-56H2,1-3H3/t63-,66-,67-,68-,70-/m1/s1. The Morgan fingerprint density at radius 1 is 0.500 bits per heavy atom. The SMILES string of the molecule is CCCCCCCCCCCCCCCCCCOC[C@H](CO[C@@H]1[C@H](OCc2ccc(Cl)cc2Cl)[C@@H](COCc2ccc(Cl)cc2Cl)O[C@H]1n1cc(C)c(=O)n(COCc2ccccc2)c1=O)OCCCCCCCCCCCCCCCCCC. The summed E-state index contributed by atoms with van der Waals surface area (Å²) >= 11 is 25.9. The molecule has 3 aromatic carbocycles. The maximum atomic E-state index is 14.7. The number of aromatic nitrogens is 2. The molecule has 0 spiro atoms. The number of benzene rings is 3. The van der Waals surface area contributed by atoms with Gasteiger partial charge in [0.2, 0.25) is 0 Å². The lowest BCUT2D eigenvalue weighted by atomic mass is 10.0. The van der Waals surface area contributed by atoms with E-state index in [0.717, 1.165) is 41.4 Å². The first-order chi connectivity index (χ1) is 42.1. The molecule has 4 aromatic rings. The van der Waals surface area contributed by atoms with Crippen molar-refractivity contribution in [2.45, 2.75) is 283 Å². The molecule has 2 heterocycles. The molecule has 86 heavy (non-hydrogen) atoms. The van der Waals surface area contributed by atoms with Crippen LogP contribution in [0.2, 0.25) is 20.1 Å². The maximum Gasteiger partial charge on any atom is 0.335 e. The van der Waals surface area contributed by atoms with Crippen molar-refractivity contribution >= 4 is 46.4 Å². The Kier molecular flexibility index (Phi) is 39.8. The predicted octanol–water partition coefficient (Wildman–Crippen LogP) is 20.1. The van der Waals surface area contributed by atoms with Gasteiger partial charge in [-0.3, -0.25) is 9.36 Å². The normalized spacial score (nSPS) is 16.4. The number of hydrogen-bond acceptors (Lipinski definition) is 9. The average Bonchev–Trinajstić information content (AvgIpc) is 2.19. The van der Waals surface area contributed by atoms with Crippen molar-refractivity contribution < 1.29 is 33.2 Å². The van der Waals surface area contributed by atoms with Crippen LogP contribution >= 0.6 is 46.4 Å². The molecule has 0 N–H and O–H groups in total. The monoisotopic (exact) mass is 1270 g/mol. The predicted molar refractivity (Wildman–Crippen MR) is 355 cm³/mol. The van der Waals surface area contributed by atoms with Crippen LogP contribution < -0.4 is 11.2 Å². The highest BCUT2D eigenvalue weighted by Crippen LogP contribution is 2.36. The van der Waals surface area contributed by atoms with Crippen LogP contribution in [-0.2, 0) is 59.7 Å². The van der Waals surface area contributed by atoms with E-state index in [2.05, 4.69) is 13.8 Å². The number of hydrogen-bond donors (Lipinski definition) is 0. The van der Waals surface area contributed by atoms with Crippen LogP contribution in [0, 0.1) is 6.92 Å². The first-order valence-electron chi connectivity index (χ1n) is 33.6. The molecule has 0 unspecified atom stereocenters. The lowest BCUT2D eigenvalue weighted by Crippen LogP contribution is -2.46. The van der Waals surface area contributed by atoms with Crippen molar-refractivity contribution in [1.29, 1.82) is 0 Å². The molecule has 0 amide bonds. The number of aryl methyl sites for hydroxylation is 1. The largest absolute Gasteiger partial charge is 0.379 e. The highest BCUT2D eigenvalue weighted by molar-refractivity contribution is 6.35. The fourth-order valence-corrected chi connectivity index (χ4v) is 12.2. The van der Waals surface area contributed by atoms with Crippen LogP contribution in [0.3, 0.4) is 0 Å². The third kappa shape index (κ3) is 29.9. The molecular weight excluding hydrogens is 1170 g/mol. The van der Waals surface area contributed by atoms with E-state index < -0.39 is 41.9 Å². The van der Waals surface area contributed by atoms with Gasteiger partial charge in [-0.25, -0.2) is 9.36 Å². The number of rotatable bonds is 52. The van der Waals surface area contributed by atoms with E-state index in [1.807, 2.05) is 42.5 Å². The summed E-state index contributed by atoms with van der Waals surface area (Å²) in [5.41, 5.74) is 1.57. The Labute approximate surface area is 538 Å². The highest BCUT2D eigenvalue weighted by Gasteiger charge is 2.48. The zero-order valence-corrected chi connectivity index (χ0v) is 55.9. The molecule has 1 saturated heterocycles. The summed E-state index contributed by atoms with van der Waals surface area (Å²) in [5, 5.41) is 1.92. The van der Waals surface area contributed by atoms with E-state index in [1.54, 1.807) is 31.2 Å². The van der Waals surface area contributed by atoms with Crippen LogP contribution in [0.15, 0.2) is 82.5 Å². The summed E-state index contributed by atoms with van der Waals surface area (Å²) < 4.78 is 48.6. The summed E-state index contributed by atoms with van der Waals surface area (Å²) in [7, 11) is 0. The molecule has 0 bridgehead atoms. The molecule has 5 rings (SSSR count). The summed E-state index contributed by atoms with van der Waals surface area (Å²) in [6.07, 6.45) is 39.2. The Morgan fingerprint density at radius 2 is 0.977 bits per heavy atom. The van der Waals surface area contributed by atoms with Crippen LogP contribution in [0.4, 0.5) is 0 Å². The topological polar surface area (TPSA) is 109 Å². The Hall–Kier alpha value is -2.78. The van der Waals surface area contributed by atoms with Crippen molar-refractivity contribution in [3.8, 4) is 0 Å². The molecule has 0 radical (unpaired) electrons. The first kappa shape index (κ1) is 74.0. The first-order valence-corrected chi connectivity index (χ1v) is 35.1. The fraction of sp³-hybridized carbons (Fsp3) is 0.690. The summed E-state index contributed by atoms with van der Waals surface area (Å²) in [6.45, 7) is 8.04. The van der Waals surface area contributed by atoms with Crippen molar-refractivity contribution in [2.75, 3.05) is 33.0 Å². The van der Waals surface area contributed by atoms with Gasteiger partial charge in [0.05, 0.1) is 39.6 Å². The van der Waals surface area contributed by atoms with Gasteiger partial charge in [-0.15, -0.1) is 0 Å². The molecule has 1 fully saturated rings. The van der Waals surface area contributed by atoms with Gasteiger partial charge in [0.1, 0.15) is 31.1 Å². The minimum absolute atomic E-state index is 0.0312. The summed E-state index contributed by atoms with van der Waals surface area (Å²) in [5.74, 6) is 0. The molecule has 1 aliphatic rings. The zero-order chi connectivity index (χ0) is 61.2. The molecular formula is C71H108Cl4N2O9. The summed E-state index contributed by atoms with van der Waals surface area (Å²) in [6, 6.07) is 20.1. The van der Waals surface area contributed by atoms with Gasteiger partial charge < -0.3 is 33.2 Å². The van der Waals surface area contributed by atoms with Crippen LogP contribution in [0.5, 0.6) is 0 Å². The van der Waals surface area contributed by atoms with Gasteiger partial charge in [0, 0.05) is 45.1 Å². The van der Waals surface area contributed by atoms with Gasteiger partial charge in [-0.05, 0) is 60.7 Å². The van der Waals surface area contributed by atoms with Crippen molar-refractivity contribution in [3.05, 3.63) is 136 Å². The molecule has 484 valence electrons. The number of halogens is 4. The molecule has 15 heteroatoms. The van der Waals surface area contributed by atoms with E-state index >= 15 is 0 Å². The number of ether oxygens (including phenoxy) is 7. The Morgan fingerprint density at radius 3 is 1.48 bits per heavy atom. The van der Waals surface area contributed by atoms with Crippen molar-refractivity contribution in [2.24, 2.45) is 0 Å². The molecule has 0 saturated carbocycles. The van der Waals surface area contributed by atoms with Gasteiger partial charge >= 0.3 is 5.69 Å². The maximum absolute atomic E-state index is 14.7. The third-order valence-corrected chi connectivity index (χ3v) is 17.7. The van der Waals surface area contributed by atoms with Gasteiger partial charge in [0.15, 0.2) is 6.23 Å². The Bertz CT molecular complexity index is 2500. The van der Waals surface area contributed by atoms with E-state index in [9.17, 15) is 9.59 Å². The van der Waals surface area contributed by atoms with Crippen molar-refractivity contribution in [3.63, 3.8) is 0 Å². The van der Waals surface area contributed by atoms with E-state index in [-0.39, 0.29) is 39.8 Å². The average molecular weight is 1280 g/mol. The lowest BCUT2D eigenvalue weighted by molar-refractivity contribution is -0.126. The lowest BCUT2D eigenvalue weighted by Gasteiger charge is -2.28. The molecule has 11 nitrogen and oxygen atoms in total. The van der Waals surface area contributed by atoms with Crippen LogP contribution in [0.1, 0.15) is 248 Å². The van der Waals surface area contributed by atoms with E-state index in [1.165, 1.54) is 191 Å². The second-order valence-corrected chi connectivity index (χ2v) is 25.7. The molecule has 5 atom stereocenters. The van der Waals surface area contributed by atoms with Gasteiger partial charge in [-0.2, -0.15) is 0 Å². The van der Waals surface area contributed by atoms with Crippen LogP contribution in [0.25, 0.3) is 0 Å². The van der Waals surface area contributed by atoms with Crippen LogP contribution in [-0.4, -0.2) is 66.6 Å². The summed E-state index contributed by atoms with van der Waals surface area (Å²) in [4.78, 5) is 28.4. The minimum Gasteiger partial charge on any atom is -0.379 e. The van der Waals surface area contributed by atoms with E-state index in [4.69, 9.17) is 79.6 Å².